The van der Waals surface area contributed by atoms with E-state index in [4.69, 9.17) is 4.74 Å². The first-order chi connectivity index (χ1) is 8.09. The third kappa shape index (κ3) is 5.73. The molecule has 1 rings (SSSR count). The summed E-state index contributed by atoms with van der Waals surface area (Å²) in [6, 6.07) is 7.48. The Labute approximate surface area is 111 Å². The number of hydrogen-bond acceptors (Lipinski definition) is 2. The van der Waals surface area contributed by atoms with E-state index in [9.17, 15) is 4.79 Å². The number of halogens is 1. The molecule has 94 valence electrons. The van der Waals surface area contributed by atoms with Crippen LogP contribution in [0, 0.1) is 5.92 Å². The van der Waals surface area contributed by atoms with E-state index >= 15 is 0 Å². The fourth-order valence-electron chi connectivity index (χ4n) is 1.26. The predicted molar refractivity (Wildman–Crippen MR) is 72.1 cm³/mol. The molecule has 0 heterocycles. The standard InChI is InChI=1S/C13H18BrNO2/c1-10(2)7-8-15-13(16)9-17-12-6-4-3-5-11(12)14/h3-6,10H,7-9H2,1-2H3,(H,15,16). The molecular weight excluding hydrogens is 282 g/mol. The van der Waals surface area contributed by atoms with Gasteiger partial charge in [0.15, 0.2) is 6.61 Å². The van der Waals surface area contributed by atoms with E-state index in [2.05, 4.69) is 35.1 Å². The van der Waals surface area contributed by atoms with E-state index in [0.29, 0.717) is 18.2 Å². The van der Waals surface area contributed by atoms with Crippen molar-refractivity contribution in [2.45, 2.75) is 20.3 Å². The van der Waals surface area contributed by atoms with Crippen LogP contribution in [0.2, 0.25) is 0 Å². The van der Waals surface area contributed by atoms with Crippen LogP contribution >= 0.6 is 15.9 Å². The molecule has 0 bridgehead atoms. The van der Waals surface area contributed by atoms with Crippen molar-refractivity contribution in [1.29, 1.82) is 0 Å². The molecule has 3 nitrogen and oxygen atoms in total. The second kappa shape index (κ2) is 7.33. The largest absolute Gasteiger partial charge is 0.483 e. The van der Waals surface area contributed by atoms with Crippen LogP contribution in [-0.4, -0.2) is 19.1 Å². The number of nitrogens with one attached hydrogen (secondary N) is 1. The molecule has 4 heteroatoms. The second-order valence-corrected chi connectivity index (χ2v) is 5.11. The van der Waals surface area contributed by atoms with Crippen LogP contribution in [0.1, 0.15) is 20.3 Å². The topological polar surface area (TPSA) is 38.3 Å². The molecule has 17 heavy (non-hydrogen) atoms. The molecule has 1 aromatic rings. The van der Waals surface area contributed by atoms with Gasteiger partial charge >= 0.3 is 0 Å². The molecule has 0 fully saturated rings. The highest BCUT2D eigenvalue weighted by Crippen LogP contribution is 2.23. The normalized spacial score (nSPS) is 10.4. The Morgan fingerprint density at radius 1 is 1.41 bits per heavy atom. The van der Waals surface area contributed by atoms with Gasteiger partial charge in [-0.2, -0.15) is 0 Å². The molecule has 0 aromatic heterocycles. The minimum absolute atomic E-state index is 0.0563. The second-order valence-electron chi connectivity index (χ2n) is 4.25. The summed E-state index contributed by atoms with van der Waals surface area (Å²) >= 11 is 3.36. The fraction of sp³-hybridized carbons (Fsp3) is 0.462. The maximum atomic E-state index is 11.5. The first-order valence-electron chi connectivity index (χ1n) is 5.73. The SMILES string of the molecule is CC(C)CCNC(=O)COc1ccccc1Br. The van der Waals surface area contributed by atoms with Gasteiger partial charge in [-0.25, -0.2) is 0 Å². The number of para-hydroxylation sites is 1. The Balaban J connectivity index is 2.26. The maximum Gasteiger partial charge on any atom is 0.257 e. The van der Waals surface area contributed by atoms with E-state index in [1.807, 2.05) is 24.3 Å². The van der Waals surface area contributed by atoms with Crippen LogP contribution < -0.4 is 10.1 Å². The molecule has 0 aliphatic heterocycles. The third-order valence-electron chi connectivity index (χ3n) is 2.24. The molecule has 1 aromatic carbocycles. The van der Waals surface area contributed by atoms with Crippen LogP contribution in [0.4, 0.5) is 0 Å². The molecule has 0 spiro atoms. The summed E-state index contributed by atoms with van der Waals surface area (Å²) in [6.45, 7) is 5.02. The molecule has 1 N–H and O–H groups in total. The minimum Gasteiger partial charge on any atom is -0.483 e. The molecule has 0 atom stereocenters. The Bertz CT molecular complexity index is 366. The summed E-state index contributed by atoms with van der Waals surface area (Å²) in [7, 11) is 0. The average molecular weight is 300 g/mol. The Morgan fingerprint density at radius 3 is 2.76 bits per heavy atom. The number of ether oxygens (including phenoxy) is 1. The highest BCUT2D eigenvalue weighted by atomic mass is 79.9. The van der Waals surface area contributed by atoms with Gasteiger partial charge in [-0.3, -0.25) is 4.79 Å². The van der Waals surface area contributed by atoms with E-state index < -0.39 is 0 Å². The first kappa shape index (κ1) is 14.0. The van der Waals surface area contributed by atoms with Gasteiger partial charge in [0.1, 0.15) is 5.75 Å². The summed E-state index contributed by atoms with van der Waals surface area (Å²) in [4.78, 5) is 11.5. The lowest BCUT2D eigenvalue weighted by molar-refractivity contribution is -0.123. The molecule has 0 saturated carbocycles. The number of hydrogen-bond donors (Lipinski definition) is 1. The van der Waals surface area contributed by atoms with Crippen LogP contribution in [0.5, 0.6) is 5.75 Å². The van der Waals surface area contributed by atoms with Crippen molar-refractivity contribution in [3.8, 4) is 5.75 Å². The molecule has 0 unspecified atom stereocenters. The molecule has 0 aliphatic carbocycles. The molecular formula is C13H18BrNO2. The van der Waals surface area contributed by atoms with Crippen molar-refractivity contribution in [2.75, 3.05) is 13.2 Å². The van der Waals surface area contributed by atoms with Gasteiger partial charge in [0, 0.05) is 6.54 Å². The lowest BCUT2D eigenvalue weighted by Gasteiger charge is -2.09. The van der Waals surface area contributed by atoms with Crippen molar-refractivity contribution < 1.29 is 9.53 Å². The molecule has 0 saturated heterocycles. The molecule has 0 radical (unpaired) electrons. The molecule has 1 amide bonds. The summed E-state index contributed by atoms with van der Waals surface area (Å²) in [6.07, 6.45) is 0.987. The van der Waals surface area contributed by atoms with Crippen molar-refractivity contribution in [1.82, 2.24) is 5.32 Å². The van der Waals surface area contributed by atoms with Gasteiger partial charge in [0.2, 0.25) is 0 Å². The third-order valence-corrected chi connectivity index (χ3v) is 2.89. The van der Waals surface area contributed by atoms with Crippen LogP contribution in [0.25, 0.3) is 0 Å². The maximum absolute atomic E-state index is 11.5. The highest BCUT2D eigenvalue weighted by Gasteiger charge is 2.04. The van der Waals surface area contributed by atoms with Crippen molar-refractivity contribution in [3.63, 3.8) is 0 Å². The Kier molecular flexibility index (Phi) is 6.05. The smallest absolute Gasteiger partial charge is 0.257 e. The van der Waals surface area contributed by atoms with E-state index in [0.717, 1.165) is 10.9 Å². The number of benzene rings is 1. The average Bonchev–Trinajstić information content (AvgIpc) is 2.27. The molecule has 0 aliphatic rings. The summed E-state index contributed by atoms with van der Waals surface area (Å²) in [5.41, 5.74) is 0. The fourth-order valence-corrected chi connectivity index (χ4v) is 1.66. The van der Waals surface area contributed by atoms with E-state index in [-0.39, 0.29) is 12.5 Å². The number of carbonyl (C=O) groups is 1. The van der Waals surface area contributed by atoms with Crippen molar-refractivity contribution >= 4 is 21.8 Å². The first-order valence-corrected chi connectivity index (χ1v) is 6.53. The van der Waals surface area contributed by atoms with E-state index in [1.54, 1.807) is 0 Å². The van der Waals surface area contributed by atoms with Crippen LogP contribution in [-0.2, 0) is 4.79 Å². The zero-order valence-corrected chi connectivity index (χ0v) is 11.8. The Morgan fingerprint density at radius 2 is 2.12 bits per heavy atom. The van der Waals surface area contributed by atoms with E-state index in [1.165, 1.54) is 0 Å². The Hall–Kier alpha value is -1.03. The zero-order valence-electron chi connectivity index (χ0n) is 10.2. The van der Waals surface area contributed by atoms with Gasteiger partial charge in [0.25, 0.3) is 5.91 Å². The minimum atomic E-state index is -0.0820. The van der Waals surface area contributed by atoms with Gasteiger partial charge < -0.3 is 10.1 Å². The lowest BCUT2D eigenvalue weighted by atomic mass is 10.1. The summed E-state index contributed by atoms with van der Waals surface area (Å²) in [5, 5.41) is 2.82. The van der Waals surface area contributed by atoms with Gasteiger partial charge in [0.05, 0.1) is 4.47 Å². The highest BCUT2D eigenvalue weighted by molar-refractivity contribution is 9.10. The van der Waals surface area contributed by atoms with Crippen molar-refractivity contribution in [3.05, 3.63) is 28.7 Å². The monoisotopic (exact) mass is 299 g/mol. The number of rotatable bonds is 6. The quantitative estimate of drug-likeness (QED) is 0.877. The number of amides is 1. The zero-order chi connectivity index (χ0) is 12.7. The lowest BCUT2D eigenvalue weighted by Crippen LogP contribution is -2.30. The van der Waals surface area contributed by atoms with Gasteiger partial charge in [-0.1, -0.05) is 26.0 Å². The van der Waals surface area contributed by atoms with Gasteiger partial charge in [-0.05, 0) is 40.4 Å². The number of carbonyl (C=O) groups excluding carboxylic acids is 1. The van der Waals surface area contributed by atoms with Crippen LogP contribution in [0.15, 0.2) is 28.7 Å². The van der Waals surface area contributed by atoms with Crippen LogP contribution in [0.3, 0.4) is 0 Å². The summed E-state index contributed by atoms with van der Waals surface area (Å²) < 4.78 is 6.25. The van der Waals surface area contributed by atoms with Gasteiger partial charge in [-0.15, -0.1) is 0 Å². The summed E-state index contributed by atoms with van der Waals surface area (Å²) in [5.74, 6) is 1.20. The predicted octanol–water partition coefficient (Wildman–Crippen LogP) is 2.99. The van der Waals surface area contributed by atoms with Crippen molar-refractivity contribution in [2.24, 2.45) is 5.92 Å².